The molecule has 2 heterocycles. The van der Waals surface area contributed by atoms with Crippen molar-refractivity contribution < 1.29 is 4.39 Å². The minimum absolute atomic E-state index is 0.00111. The van der Waals surface area contributed by atoms with E-state index in [4.69, 9.17) is 0 Å². The summed E-state index contributed by atoms with van der Waals surface area (Å²) in [7, 11) is 0. The highest BCUT2D eigenvalue weighted by Gasteiger charge is 2.17. The van der Waals surface area contributed by atoms with Gasteiger partial charge in [-0.2, -0.15) is 0 Å². The summed E-state index contributed by atoms with van der Waals surface area (Å²) in [6, 6.07) is 5.60. The molecule has 0 amide bonds. The second kappa shape index (κ2) is 4.13. The summed E-state index contributed by atoms with van der Waals surface area (Å²) >= 11 is 6.66. The van der Waals surface area contributed by atoms with Gasteiger partial charge in [0.25, 0.3) is 0 Å². The molecule has 1 unspecified atom stereocenters. The van der Waals surface area contributed by atoms with Gasteiger partial charge in [-0.25, -0.2) is 4.39 Å². The number of thiophene rings is 2. The van der Waals surface area contributed by atoms with E-state index in [2.05, 4.69) is 28.9 Å². The van der Waals surface area contributed by atoms with Crippen molar-refractivity contribution >= 4 is 38.6 Å². The van der Waals surface area contributed by atoms with E-state index in [-0.39, 0.29) is 10.6 Å². The zero-order valence-corrected chi connectivity index (χ0v) is 10.7. The van der Waals surface area contributed by atoms with E-state index < -0.39 is 0 Å². The average molecular weight is 291 g/mol. The van der Waals surface area contributed by atoms with Gasteiger partial charge in [-0.1, -0.05) is 15.9 Å². The Balaban J connectivity index is 2.33. The van der Waals surface area contributed by atoms with E-state index in [1.54, 1.807) is 16.7 Å². The van der Waals surface area contributed by atoms with Gasteiger partial charge in [-0.3, -0.25) is 0 Å². The molecule has 2 rings (SSSR count). The number of aryl methyl sites for hydroxylation is 1. The van der Waals surface area contributed by atoms with Crippen LogP contribution < -0.4 is 0 Å². The van der Waals surface area contributed by atoms with Crippen LogP contribution in [0.4, 0.5) is 4.39 Å². The third-order valence-corrected chi connectivity index (χ3v) is 5.47. The Morgan fingerprint density at radius 1 is 1.36 bits per heavy atom. The van der Waals surface area contributed by atoms with Crippen molar-refractivity contribution in [2.24, 2.45) is 0 Å². The Morgan fingerprint density at radius 2 is 2.14 bits per heavy atom. The summed E-state index contributed by atoms with van der Waals surface area (Å²) in [5, 5.41) is 1.78. The maximum Gasteiger partial charge on any atom is 0.138 e. The summed E-state index contributed by atoms with van der Waals surface area (Å²) in [4.78, 5) is 3.17. The number of rotatable bonds is 2. The van der Waals surface area contributed by atoms with Crippen LogP contribution in [0, 0.1) is 12.7 Å². The van der Waals surface area contributed by atoms with Crippen LogP contribution in [-0.2, 0) is 0 Å². The van der Waals surface area contributed by atoms with Crippen molar-refractivity contribution in [3.05, 3.63) is 44.0 Å². The van der Waals surface area contributed by atoms with Crippen molar-refractivity contribution in [2.75, 3.05) is 0 Å². The van der Waals surface area contributed by atoms with Crippen LogP contribution in [0.3, 0.4) is 0 Å². The number of alkyl halides is 1. The first-order valence-corrected chi connectivity index (χ1v) is 6.73. The molecule has 0 spiro atoms. The molecule has 0 N–H and O–H groups in total. The maximum atomic E-state index is 13.3. The fraction of sp³-hybridized carbons (Fsp3) is 0.200. The smallest absolute Gasteiger partial charge is 0.138 e. The highest BCUT2D eigenvalue weighted by Crippen LogP contribution is 2.38. The molecule has 0 nitrogen and oxygen atoms in total. The van der Waals surface area contributed by atoms with Gasteiger partial charge in [0.2, 0.25) is 0 Å². The van der Waals surface area contributed by atoms with Gasteiger partial charge in [0, 0.05) is 9.75 Å². The lowest BCUT2D eigenvalue weighted by atomic mass is 10.3. The minimum atomic E-state index is -0.122. The van der Waals surface area contributed by atoms with Crippen molar-refractivity contribution in [1.29, 1.82) is 0 Å². The predicted molar refractivity (Wildman–Crippen MR) is 64.1 cm³/mol. The minimum Gasteiger partial charge on any atom is -0.206 e. The summed E-state index contributed by atoms with van der Waals surface area (Å²) in [5.74, 6) is -0.122. The SMILES string of the molecule is Cc1ccc(C(Br)c2sccc2F)s1. The zero-order valence-electron chi connectivity index (χ0n) is 7.46. The monoisotopic (exact) mass is 290 g/mol. The Kier molecular flexibility index (Phi) is 3.04. The Labute approximate surface area is 98.5 Å². The molecule has 14 heavy (non-hydrogen) atoms. The number of halogens is 2. The Hall–Kier alpha value is -0.190. The van der Waals surface area contributed by atoms with E-state index in [9.17, 15) is 4.39 Å². The van der Waals surface area contributed by atoms with Gasteiger partial charge >= 0.3 is 0 Å². The van der Waals surface area contributed by atoms with E-state index in [1.165, 1.54) is 22.3 Å². The van der Waals surface area contributed by atoms with Crippen molar-refractivity contribution in [1.82, 2.24) is 0 Å². The van der Waals surface area contributed by atoms with Crippen LogP contribution >= 0.6 is 38.6 Å². The lowest BCUT2D eigenvalue weighted by Gasteiger charge is -2.04. The molecule has 0 aliphatic heterocycles. The van der Waals surface area contributed by atoms with Crippen LogP contribution in [0.15, 0.2) is 23.6 Å². The Morgan fingerprint density at radius 3 is 2.64 bits per heavy atom. The fourth-order valence-corrected chi connectivity index (χ4v) is 3.88. The standard InChI is InChI=1S/C10H8BrFS2/c1-6-2-3-8(14-6)9(11)10-7(12)4-5-13-10/h2-5,9H,1H3. The predicted octanol–water partition coefficient (Wildman–Crippen LogP) is 4.74. The second-order valence-electron chi connectivity index (χ2n) is 2.94. The topological polar surface area (TPSA) is 0 Å². The highest BCUT2D eigenvalue weighted by molar-refractivity contribution is 9.09. The highest BCUT2D eigenvalue weighted by atomic mass is 79.9. The molecule has 0 saturated carbocycles. The molecule has 74 valence electrons. The first-order valence-electron chi connectivity index (χ1n) is 4.12. The lowest BCUT2D eigenvalue weighted by molar-refractivity contribution is 0.622. The largest absolute Gasteiger partial charge is 0.206 e. The van der Waals surface area contributed by atoms with Gasteiger partial charge < -0.3 is 0 Å². The summed E-state index contributed by atoms with van der Waals surface area (Å²) in [6.45, 7) is 2.05. The fourth-order valence-electron chi connectivity index (χ4n) is 1.21. The third-order valence-electron chi connectivity index (χ3n) is 1.89. The van der Waals surface area contributed by atoms with E-state index >= 15 is 0 Å². The quantitative estimate of drug-likeness (QED) is 0.701. The van der Waals surface area contributed by atoms with Gasteiger partial charge in [0.05, 0.1) is 9.70 Å². The van der Waals surface area contributed by atoms with Crippen molar-refractivity contribution in [3.8, 4) is 0 Å². The second-order valence-corrected chi connectivity index (χ2v) is 6.13. The average Bonchev–Trinajstić information content (AvgIpc) is 2.73. The van der Waals surface area contributed by atoms with Gasteiger partial charge in [-0.05, 0) is 30.5 Å². The molecule has 0 saturated heterocycles. The van der Waals surface area contributed by atoms with E-state index in [1.807, 2.05) is 6.07 Å². The van der Waals surface area contributed by atoms with Gasteiger partial charge in [-0.15, -0.1) is 22.7 Å². The van der Waals surface area contributed by atoms with Gasteiger partial charge in [0.15, 0.2) is 0 Å². The van der Waals surface area contributed by atoms with Crippen molar-refractivity contribution in [2.45, 2.75) is 11.8 Å². The molecule has 0 bridgehead atoms. The Bertz CT molecular complexity index is 433. The number of hydrogen-bond acceptors (Lipinski definition) is 2. The molecule has 0 fully saturated rings. The maximum absolute atomic E-state index is 13.3. The molecular weight excluding hydrogens is 283 g/mol. The van der Waals surface area contributed by atoms with Crippen LogP contribution in [-0.4, -0.2) is 0 Å². The van der Waals surface area contributed by atoms with Crippen LogP contribution in [0.2, 0.25) is 0 Å². The van der Waals surface area contributed by atoms with Crippen LogP contribution in [0.5, 0.6) is 0 Å². The molecular formula is C10H8BrFS2. The van der Waals surface area contributed by atoms with Crippen LogP contribution in [0.25, 0.3) is 0 Å². The van der Waals surface area contributed by atoms with E-state index in [0.717, 1.165) is 9.75 Å². The first kappa shape index (κ1) is 10.3. The summed E-state index contributed by atoms with van der Waals surface area (Å²) in [6.07, 6.45) is 0. The molecule has 2 aromatic rings. The molecule has 4 heteroatoms. The third kappa shape index (κ3) is 1.92. The molecule has 0 radical (unpaired) electrons. The van der Waals surface area contributed by atoms with Crippen LogP contribution in [0.1, 0.15) is 19.5 Å². The van der Waals surface area contributed by atoms with Gasteiger partial charge in [0.1, 0.15) is 5.82 Å². The normalized spacial score (nSPS) is 13.1. The molecule has 0 aliphatic rings. The summed E-state index contributed by atoms with van der Waals surface area (Å²) < 4.78 is 13.3. The lowest BCUT2D eigenvalue weighted by Crippen LogP contribution is -1.87. The molecule has 1 atom stereocenters. The molecule has 0 aliphatic carbocycles. The van der Waals surface area contributed by atoms with Crippen molar-refractivity contribution in [3.63, 3.8) is 0 Å². The molecule has 0 aromatic carbocycles. The summed E-state index contributed by atoms with van der Waals surface area (Å²) in [5.41, 5.74) is 0. The zero-order chi connectivity index (χ0) is 10.1. The van der Waals surface area contributed by atoms with E-state index in [0.29, 0.717) is 0 Å². The molecule has 2 aromatic heterocycles. The first-order chi connectivity index (χ1) is 6.68. The number of hydrogen-bond donors (Lipinski definition) is 0.